The highest BCUT2D eigenvalue weighted by Gasteiger charge is 2.43. The molecule has 1 aliphatic carbocycles. The van der Waals surface area contributed by atoms with Crippen LogP contribution in [-0.2, 0) is 0 Å². The fourth-order valence-electron chi connectivity index (χ4n) is 11.3. The Morgan fingerprint density at radius 3 is 1.98 bits per heavy atom. The maximum absolute atomic E-state index is 6.98. The van der Waals surface area contributed by atoms with E-state index in [0.29, 0.717) is 5.92 Å². The fourth-order valence-corrected chi connectivity index (χ4v) is 11.3. The van der Waals surface area contributed by atoms with Gasteiger partial charge in [-0.1, -0.05) is 161 Å². The number of para-hydroxylation sites is 3. The number of hydrogen-bond donors (Lipinski definition) is 0. The number of nitrogens with zero attached hydrogens (tertiary/aromatic N) is 2. The van der Waals surface area contributed by atoms with Gasteiger partial charge in [0.1, 0.15) is 11.2 Å². The number of fused-ring (bicyclic) bond motifs is 12. The van der Waals surface area contributed by atoms with Gasteiger partial charge in [0.15, 0.2) is 0 Å². The molecule has 1 saturated carbocycles. The minimum absolute atomic E-state index is 0.183. The van der Waals surface area contributed by atoms with Crippen LogP contribution >= 0.6 is 0 Å². The van der Waals surface area contributed by atoms with Gasteiger partial charge in [-0.05, 0) is 105 Å². The van der Waals surface area contributed by atoms with Crippen LogP contribution in [0.15, 0.2) is 156 Å². The molecule has 1 aromatic heterocycles. The molecule has 0 unspecified atom stereocenters. The number of benzene rings is 8. The molecule has 3 heterocycles. The monoisotopic (exact) mass is 776 g/mol. The van der Waals surface area contributed by atoms with Gasteiger partial charge in [0, 0.05) is 56.7 Å². The lowest BCUT2D eigenvalue weighted by Crippen LogP contribution is -2.62. The van der Waals surface area contributed by atoms with Gasteiger partial charge in [-0.2, -0.15) is 0 Å². The molecule has 0 atom stereocenters. The van der Waals surface area contributed by atoms with E-state index in [1.54, 1.807) is 0 Å². The molecule has 0 radical (unpaired) electrons. The second kappa shape index (κ2) is 14.5. The maximum atomic E-state index is 6.98. The number of anilines is 5. The van der Waals surface area contributed by atoms with Crippen LogP contribution < -0.4 is 26.2 Å². The Hall–Kier alpha value is -6.26. The van der Waals surface area contributed by atoms with E-state index in [0.717, 1.165) is 39.6 Å². The predicted molar refractivity (Wildman–Crippen MR) is 257 cm³/mol. The highest BCUT2D eigenvalue weighted by atomic mass is 16.3. The summed E-state index contributed by atoms with van der Waals surface area (Å²) < 4.78 is 6.98. The van der Waals surface area contributed by atoms with E-state index < -0.39 is 0 Å². The zero-order valence-corrected chi connectivity index (χ0v) is 34.5. The molecule has 12 rings (SSSR count). The van der Waals surface area contributed by atoms with Crippen LogP contribution in [0.4, 0.5) is 28.4 Å². The van der Waals surface area contributed by atoms with Crippen molar-refractivity contribution in [3.05, 3.63) is 157 Å². The van der Waals surface area contributed by atoms with E-state index in [-0.39, 0.29) is 6.71 Å². The summed E-state index contributed by atoms with van der Waals surface area (Å²) in [6, 6.07) is 57.1. The number of unbranched alkanes of at least 4 members (excludes halogenated alkanes) is 3. The normalized spacial score (nSPS) is 14.9. The highest BCUT2D eigenvalue weighted by Crippen LogP contribution is 2.47. The lowest BCUT2D eigenvalue weighted by atomic mass is 9.33. The first-order valence-corrected chi connectivity index (χ1v) is 22.6. The van der Waals surface area contributed by atoms with E-state index in [9.17, 15) is 0 Å². The summed E-state index contributed by atoms with van der Waals surface area (Å²) in [7, 11) is 0. The first-order valence-electron chi connectivity index (χ1n) is 22.6. The van der Waals surface area contributed by atoms with Crippen LogP contribution in [0, 0.1) is 0 Å². The molecule has 0 bridgehead atoms. The molecule has 0 N–H and O–H groups in total. The Kier molecular flexibility index (Phi) is 8.61. The van der Waals surface area contributed by atoms with Crippen LogP contribution in [0.25, 0.3) is 54.6 Å². The number of rotatable bonds is 8. The van der Waals surface area contributed by atoms with Crippen molar-refractivity contribution >= 4 is 95.0 Å². The van der Waals surface area contributed by atoms with Crippen molar-refractivity contribution in [2.75, 3.05) is 16.3 Å². The van der Waals surface area contributed by atoms with Crippen molar-refractivity contribution in [3.63, 3.8) is 0 Å². The summed E-state index contributed by atoms with van der Waals surface area (Å²) in [5, 5.41) is 7.25. The topological polar surface area (TPSA) is 19.6 Å². The average Bonchev–Trinajstić information content (AvgIpc) is 3.72. The van der Waals surface area contributed by atoms with Gasteiger partial charge in [0.25, 0.3) is 6.71 Å². The predicted octanol–water partition coefficient (Wildman–Crippen LogP) is 13.9. The molecule has 0 saturated heterocycles. The van der Waals surface area contributed by atoms with Crippen molar-refractivity contribution in [1.29, 1.82) is 0 Å². The Balaban J connectivity index is 1.03. The van der Waals surface area contributed by atoms with E-state index in [4.69, 9.17) is 4.42 Å². The van der Waals surface area contributed by atoms with Gasteiger partial charge in [-0.15, -0.1) is 0 Å². The summed E-state index contributed by atoms with van der Waals surface area (Å²) in [5.41, 5.74) is 16.6. The smallest absolute Gasteiger partial charge is 0.252 e. The Morgan fingerprint density at radius 1 is 0.550 bits per heavy atom. The number of furan rings is 1. The Bertz CT molecular complexity index is 3100. The fraction of sp³-hybridized carbons (Fsp3) is 0.214. The SMILES string of the molecule is CCCCCCN1c2ccccc2B2c3ccccc3N(c3ccc(-c4cccc5c4oc4c6ccccc6c6ccccc6c54)cc3)c3cc(C4CCCCC4)cc1c32. The minimum atomic E-state index is 0.183. The molecule has 4 heteroatoms. The van der Waals surface area contributed by atoms with Gasteiger partial charge in [-0.25, -0.2) is 0 Å². The molecule has 2 aliphatic heterocycles. The van der Waals surface area contributed by atoms with Crippen LogP contribution in [0.2, 0.25) is 0 Å². The highest BCUT2D eigenvalue weighted by molar-refractivity contribution is 7.00. The first-order chi connectivity index (χ1) is 29.8. The zero-order chi connectivity index (χ0) is 39.7. The largest absolute Gasteiger partial charge is 0.455 e. The minimum Gasteiger partial charge on any atom is -0.455 e. The maximum Gasteiger partial charge on any atom is 0.252 e. The molecular formula is C56H49BN2O. The van der Waals surface area contributed by atoms with E-state index in [1.807, 2.05) is 0 Å². The van der Waals surface area contributed by atoms with Crippen LogP contribution in [0.1, 0.15) is 76.2 Å². The van der Waals surface area contributed by atoms with Gasteiger partial charge in [0.2, 0.25) is 0 Å². The number of hydrogen-bond acceptors (Lipinski definition) is 3. The Labute approximate surface area is 353 Å². The van der Waals surface area contributed by atoms with Crippen molar-refractivity contribution < 1.29 is 4.42 Å². The van der Waals surface area contributed by atoms with Crippen LogP contribution in [0.3, 0.4) is 0 Å². The van der Waals surface area contributed by atoms with Crippen molar-refractivity contribution in [2.24, 2.45) is 0 Å². The van der Waals surface area contributed by atoms with Crippen LogP contribution in [-0.4, -0.2) is 13.3 Å². The third-order valence-corrected chi connectivity index (χ3v) is 14.1. The molecule has 3 aliphatic rings. The summed E-state index contributed by atoms with van der Waals surface area (Å²) in [6.45, 7) is 3.54. The molecule has 60 heavy (non-hydrogen) atoms. The second-order valence-corrected chi connectivity index (χ2v) is 17.5. The summed E-state index contributed by atoms with van der Waals surface area (Å²) in [6.07, 6.45) is 11.5. The molecule has 292 valence electrons. The lowest BCUT2D eigenvalue weighted by molar-refractivity contribution is 0.444. The third-order valence-electron chi connectivity index (χ3n) is 14.1. The quantitative estimate of drug-likeness (QED) is 0.0870. The first kappa shape index (κ1) is 35.7. The lowest BCUT2D eigenvalue weighted by Gasteiger charge is -2.45. The van der Waals surface area contributed by atoms with Gasteiger partial charge in [0.05, 0.1) is 0 Å². The van der Waals surface area contributed by atoms with E-state index >= 15 is 0 Å². The molecule has 8 aromatic carbocycles. The zero-order valence-electron chi connectivity index (χ0n) is 34.5. The third kappa shape index (κ3) is 5.49. The van der Waals surface area contributed by atoms with Gasteiger partial charge < -0.3 is 14.2 Å². The Morgan fingerprint density at radius 2 is 1.20 bits per heavy atom. The molecule has 1 fully saturated rings. The van der Waals surface area contributed by atoms with E-state index in [1.165, 1.54) is 130 Å². The molecule has 9 aromatic rings. The summed E-state index contributed by atoms with van der Waals surface area (Å²) in [4.78, 5) is 5.28. The summed E-state index contributed by atoms with van der Waals surface area (Å²) in [5.74, 6) is 0.595. The van der Waals surface area contributed by atoms with Crippen molar-refractivity contribution in [1.82, 2.24) is 0 Å². The molecular weight excluding hydrogens is 727 g/mol. The second-order valence-electron chi connectivity index (χ2n) is 17.5. The standard InChI is InChI=1S/C56H49BN2O/c1-2-3-4-16-34-58-49-28-14-12-26-47(49)57-48-27-13-15-29-50(48)59(52-36-39(35-51(58)54(52)57)37-18-6-5-7-19-37)40-32-30-38(31-33-40)41-24-17-25-46-53-44-22-10-8-20-42(44)43-21-9-11-23-45(43)56(53)60-55(41)46/h8-15,17,20-33,35-37H,2-7,16,18-19,34H2,1H3. The van der Waals surface area contributed by atoms with E-state index in [2.05, 4.69) is 168 Å². The van der Waals surface area contributed by atoms with Gasteiger partial charge in [-0.3, -0.25) is 0 Å². The van der Waals surface area contributed by atoms with Crippen molar-refractivity contribution in [3.8, 4) is 11.1 Å². The average molecular weight is 777 g/mol. The van der Waals surface area contributed by atoms with Crippen LogP contribution in [0.5, 0.6) is 0 Å². The molecule has 0 amide bonds. The summed E-state index contributed by atoms with van der Waals surface area (Å²) >= 11 is 0. The molecule has 3 nitrogen and oxygen atoms in total. The molecule has 0 spiro atoms. The van der Waals surface area contributed by atoms with Crippen molar-refractivity contribution in [2.45, 2.75) is 70.6 Å². The van der Waals surface area contributed by atoms with Gasteiger partial charge >= 0.3 is 0 Å².